The normalized spacial score (nSPS) is 11.1. The van der Waals surface area contributed by atoms with Gasteiger partial charge < -0.3 is 14.2 Å². The molecule has 0 fully saturated rings. The lowest BCUT2D eigenvalue weighted by Crippen LogP contribution is -2.25. The number of carbonyl (C=O) groups is 3. The monoisotopic (exact) mass is 496 g/mol. The number of esters is 3. The fraction of sp³-hybridized carbons (Fsp3) is 0.345. The van der Waals surface area contributed by atoms with E-state index in [4.69, 9.17) is 14.2 Å². The zero-order chi connectivity index (χ0) is 27.0. The van der Waals surface area contributed by atoms with Crippen LogP contribution in [0.3, 0.4) is 0 Å². The lowest BCUT2D eigenvalue weighted by Gasteiger charge is -2.18. The lowest BCUT2D eigenvalue weighted by molar-refractivity contribution is -0.144. The van der Waals surface area contributed by atoms with E-state index in [1.165, 1.54) is 19.9 Å². The second-order valence-corrected chi connectivity index (χ2v) is 9.81. The first-order chi connectivity index (χ1) is 16.8. The van der Waals surface area contributed by atoms with Gasteiger partial charge in [0.05, 0.1) is 18.6 Å². The van der Waals surface area contributed by atoms with Crippen molar-refractivity contribution in [2.75, 3.05) is 13.2 Å². The van der Waals surface area contributed by atoms with Gasteiger partial charge >= 0.3 is 17.9 Å². The highest BCUT2D eigenvalue weighted by Crippen LogP contribution is 2.28. The van der Waals surface area contributed by atoms with Crippen LogP contribution >= 0.6 is 0 Å². The van der Waals surface area contributed by atoms with Gasteiger partial charge in [-0.25, -0.2) is 14.0 Å². The van der Waals surface area contributed by atoms with Gasteiger partial charge in [-0.05, 0) is 70.4 Å². The number of halogens is 1. The number of carbonyl (C=O) groups excluding carboxylic acids is 3. The van der Waals surface area contributed by atoms with Crippen molar-refractivity contribution in [3.63, 3.8) is 0 Å². The summed E-state index contributed by atoms with van der Waals surface area (Å²) < 4.78 is 30.8. The first-order valence-corrected chi connectivity index (χ1v) is 11.5. The van der Waals surface area contributed by atoms with Crippen LogP contribution in [0.15, 0.2) is 66.8 Å². The molecule has 0 bridgehead atoms. The van der Waals surface area contributed by atoms with Crippen molar-refractivity contribution in [2.24, 2.45) is 11.3 Å². The van der Waals surface area contributed by atoms with Crippen LogP contribution in [0.4, 0.5) is 4.39 Å². The Balaban J connectivity index is 2.14. The van der Waals surface area contributed by atoms with Crippen molar-refractivity contribution >= 4 is 17.9 Å². The van der Waals surface area contributed by atoms with Gasteiger partial charge in [0, 0.05) is 22.6 Å². The van der Waals surface area contributed by atoms with Crippen molar-refractivity contribution in [3.8, 4) is 16.9 Å². The zero-order valence-electron chi connectivity index (χ0n) is 21.5. The fourth-order valence-electron chi connectivity index (χ4n) is 3.02. The molecule has 0 amide bonds. The van der Waals surface area contributed by atoms with Gasteiger partial charge in [0.1, 0.15) is 11.6 Å². The van der Waals surface area contributed by atoms with E-state index in [-0.39, 0.29) is 30.3 Å². The summed E-state index contributed by atoms with van der Waals surface area (Å²) in [7, 11) is 0. The maximum Gasteiger partial charge on any atom is 0.333 e. The SMILES string of the molecule is C=C(C)C(=O)OCC(COC(=O)C(=C)C)Cc1ccc(-c2ccc(OC(=O)C(C)(C)C)cc2)c(F)c1. The molecule has 7 heteroatoms. The van der Waals surface area contributed by atoms with Crippen molar-refractivity contribution in [1.29, 1.82) is 0 Å². The third-order valence-corrected chi connectivity index (χ3v) is 5.14. The molecule has 6 nitrogen and oxygen atoms in total. The number of hydrogen-bond donors (Lipinski definition) is 0. The maximum absolute atomic E-state index is 15.0. The van der Waals surface area contributed by atoms with Crippen LogP contribution < -0.4 is 4.74 Å². The summed E-state index contributed by atoms with van der Waals surface area (Å²) in [4.78, 5) is 35.7. The van der Waals surface area contributed by atoms with Crippen LogP contribution in [0.25, 0.3) is 11.1 Å². The summed E-state index contributed by atoms with van der Waals surface area (Å²) in [5.74, 6) is -1.91. The summed E-state index contributed by atoms with van der Waals surface area (Å²) in [5.41, 5.74) is 1.52. The van der Waals surface area contributed by atoms with Crippen molar-refractivity contribution in [2.45, 2.75) is 41.0 Å². The van der Waals surface area contributed by atoms with Crippen LogP contribution in [0, 0.1) is 17.2 Å². The average molecular weight is 497 g/mol. The Morgan fingerprint density at radius 1 is 0.889 bits per heavy atom. The molecule has 0 atom stereocenters. The van der Waals surface area contributed by atoms with E-state index in [2.05, 4.69) is 13.2 Å². The summed E-state index contributed by atoms with van der Waals surface area (Å²) >= 11 is 0. The Bertz CT molecular complexity index is 1110. The number of rotatable bonds is 10. The van der Waals surface area contributed by atoms with E-state index in [1.54, 1.807) is 57.2 Å². The number of ether oxygens (including phenoxy) is 3. The standard InChI is InChI=1S/C29H33FO6/c1-18(2)26(31)34-16-21(17-35-27(32)19(3)4)14-20-8-13-24(25(30)15-20)22-9-11-23(12-10-22)36-28(33)29(5,6)7/h8-13,15,21H,1,3,14,16-17H2,2,4-7H3. The quantitative estimate of drug-likeness (QED) is 0.234. The van der Waals surface area contributed by atoms with Crippen LogP contribution in [-0.4, -0.2) is 31.1 Å². The van der Waals surface area contributed by atoms with Crippen LogP contribution in [0.2, 0.25) is 0 Å². The van der Waals surface area contributed by atoms with Gasteiger partial charge in [-0.3, -0.25) is 4.79 Å². The predicted molar refractivity (Wildman–Crippen MR) is 136 cm³/mol. The minimum Gasteiger partial charge on any atom is -0.462 e. The highest BCUT2D eigenvalue weighted by Gasteiger charge is 2.24. The first-order valence-electron chi connectivity index (χ1n) is 11.5. The molecule has 192 valence electrons. The first kappa shape index (κ1) is 28.5. The third kappa shape index (κ3) is 8.48. The Labute approximate surface area is 211 Å². The predicted octanol–water partition coefficient (Wildman–Crippen LogP) is 5.84. The molecule has 36 heavy (non-hydrogen) atoms. The topological polar surface area (TPSA) is 78.9 Å². The third-order valence-electron chi connectivity index (χ3n) is 5.14. The summed E-state index contributed by atoms with van der Waals surface area (Å²) in [6.45, 7) is 15.4. The van der Waals surface area contributed by atoms with Gasteiger partial charge in [0.15, 0.2) is 0 Å². The van der Waals surface area contributed by atoms with Gasteiger partial charge in [-0.2, -0.15) is 0 Å². The largest absolute Gasteiger partial charge is 0.462 e. The maximum atomic E-state index is 15.0. The zero-order valence-corrected chi connectivity index (χ0v) is 21.5. The Hall–Kier alpha value is -3.74. The Morgan fingerprint density at radius 3 is 1.86 bits per heavy atom. The second-order valence-electron chi connectivity index (χ2n) is 9.81. The molecule has 0 unspecified atom stereocenters. The molecule has 0 saturated carbocycles. The summed E-state index contributed by atoms with van der Waals surface area (Å²) in [6.07, 6.45) is 0.311. The molecule has 0 aliphatic carbocycles. The Morgan fingerprint density at radius 2 is 1.42 bits per heavy atom. The van der Waals surface area contributed by atoms with Gasteiger partial charge in [-0.15, -0.1) is 0 Å². The van der Waals surface area contributed by atoms with Crippen molar-refractivity contribution in [3.05, 3.63) is 78.1 Å². The highest BCUT2D eigenvalue weighted by molar-refractivity contribution is 5.87. The molecule has 2 aromatic carbocycles. The highest BCUT2D eigenvalue weighted by atomic mass is 19.1. The smallest absolute Gasteiger partial charge is 0.333 e. The molecule has 0 aromatic heterocycles. The molecular formula is C29H33FO6. The molecule has 0 saturated heterocycles. The van der Waals surface area contributed by atoms with Gasteiger partial charge in [0.2, 0.25) is 0 Å². The molecule has 2 rings (SSSR count). The van der Waals surface area contributed by atoms with Gasteiger partial charge in [-0.1, -0.05) is 37.4 Å². The van der Waals surface area contributed by atoms with E-state index in [9.17, 15) is 14.4 Å². The summed E-state index contributed by atoms with van der Waals surface area (Å²) in [5, 5.41) is 0. The van der Waals surface area contributed by atoms with E-state index in [1.807, 2.05) is 0 Å². The lowest BCUT2D eigenvalue weighted by atomic mass is 9.97. The molecule has 0 heterocycles. The molecule has 0 spiro atoms. The minimum atomic E-state index is -0.635. The summed E-state index contributed by atoms with van der Waals surface area (Å²) in [6, 6.07) is 11.4. The van der Waals surface area contributed by atoms with E-state index < -0.39 is 29.1 Å². The van der Waals surface area contributed by atoms with E-state index in [0.717, 1.165) is 0 Å². The molecular weight excluding hydrogens is 463 g/mol. The Kier molecular flexibility index (Phi) is 9.73. The van der Waals surface area contributed by atoms with Crippen LogP contribution in [-0.2, 0) is 30.3 Å². The minimum absolute atomic E-state index is 0.0206. The molecule has 0 N–H and O–H groups in total. The molecule has 0 radical (unpaired) electrons. The number of benzene rings is 2. The fourth-order valence-corrected chi connectivity index (χ4v) is 3.02. The second kappa shape index (κ2) is 12.3. The van der Waals surface area contributed by atoms with Crippen molar-refractivity contribution < 1.29 is 33.0 Å². The average Bonchev–Trinajstić information content (AvgIpc) is 2.80. The number of hydrogen-bond acceptors (Lipinski definition) is 6. The van der Waals surface area contributed by atoms with E-state index in [0.29, 0.717) is 28.9 Å². The van der Waals surface area contributed by atoms with Gasteiger partial charge in [0.25, 0.3) is 0 Å². The van der Waals surface area contributed by atoms with Crippen LogP contribution in [0.5, 0.6) is 5.75 Å². The van der Waals surface area contributed by atoms with E-state index >= 15 is 4.39 Å². The molecule has 2 aromatic rings. The van der Waals surface area contributed by atoms with Crippen molar-refractivity contribution in [1.82, 2.24) is 0 Å². The molecule has 0 aliphatic heterocycles. The van der Waals surface area contributed by atoms with Crippen LogP contribution in [0.1, 0.15) is 40.2 Å². The molecule has 0 aliphatic rings.